The van der Waals surface area contributed by atoms with Crippen LogP contribution in [0.25, 0.3) is 0 Å². The molecule has 0 aromatic rings. The predicted octanol–water partition coefficient (Wildman–Crippen LogP) is 1.01. The summed E-state index contributed by atoms with van der Waals surface area (Å²) in [4.78, 5) is 0. The lowest BCUT2D eigenvalue weighted by atomic mass is 9.91. The second kappa shape index (κ2) is 5.28. The molecule has 0 heterocycles. The van der Waals surface area contributed by atoms with Crippen LogP contribution in [0.2, 0.25) is 0 Å². The van der Waals surface area contributed by atoms with E-state index in [-0.39, 0.29) is 6.10 Å². The summed E-state index contributed by atoms with van der Waals surface area (Å²) in [7, 11) is 0. The van der Waals surface area contributed by atoms with Gasteiger partial charge in [0.25, 0.3) is 0 Å². The Hall–Kier alpha value is -0.120. The molecule has 0 spiro atoms. The van der Waals surface area contributed by atoms with Crippen molar-refractivity contribution in [3.05, 3.63) is 0 Å². The van der Waals surface area contributed by atoms with Crippen LogP contribution < -0.4 is 11.1 Å². The number of hydrogen-bond acceptors (Lipinski definition) is 3. The molecule has 2 unspecified atom stereocenters. The monoisotopic (exact) mass is 212 g/mol. The summed E-state index contributed by atoms with van der Waals surface area (Å²) in [6.07, 6.45) is 7.97. The third kappa shape index (κ3) is 3.44. The normalized spacial score (nSPS) is 42.0. The van der Waals surface area contributed by atoms with E-state index < -0.39 is 0 Å². The average molecular weight is 212 g/mol. The standard InChI is InChI=1S/C12H24N2O/c13-10-2-4-11(5-3-10)14-8-9-1-6-12(15)7-9/h9-12,14-15H,1-8,13H2. The van der Waals surface area contributed by atoms with Gasteiger partial charge in [0, 0.05) is 12.1 Å². The van der Waals surface area contributed by atoms with Gasteiger partial charge in [-0.25, -0.2) is 0 Å². The van der Waals surface area contributed by atoms with Crippen molar-refractivity contribution >= 4 is 0 Å². The molecule has 4 N–H and O–H groups in total. The Labute approximate surface area is 92.4 Å². The van der Waals surface area contributed by atoms with E-state index in [4.69, 9.17) is 5.73 Å². The molecule has 2 saturated carbocycles. The largest absolute Gasteiger partial charge is 0.393 e. The maximum absolute atomic E-state index is 9.43. The highest BCUT2D eigenvalue weighted by atomic mass is 16.3. The lowest BCUT2D eigenvalue weighted by Gasteiger charge is -2.28. The maximum atomic E-state index is 9.43. The van der Waals surface area contributed by atoms with Crippen LogP contribution in [-0.2, 0) is 0 Å². The molecule has 2 atom stereocenters. The molecular formula is C12H24N2O. The van der Waals surface area contributed by atoms with Crippen molar-refractivity contribution in [2.45, 2.75) is 63.1 Å². The number of aliphatic hydroxyl groups is 1. The molecule has 0 radical (unpaired) electrons. The molecule has 0 aliphatic heterocycles. The number of nitrogens with one attached hydrogen (secondary N) is 1. The first-order valence-electron chi connectivity index (χ1n) is 6.41. The van der Waals surface area contributed by atoms with E-state index >= 15 is 0 Å². The Morgan fingerprint density at radius 2 is 1.80 bits per heavy atom. The summed E-state index contributed by atoms with van der Waals surface area (Å²) in [5.74, 6) is 0.704. The van der Waals surface area contributed by atoms with Gasteiger partial charge in [-0.15, -0.1) is 0 Å². The summed E-state index contributed by atoms with van der Waals surface area (Å²) in [6, 6.07) is 1.12. The molecule has 88 valence electrons. The minimum atomic E-state index is -0.0309. The van der Waals surface area contributed by atoms with E-state index in [2.05, 4.69) is 5.32 Å². The van der Waals surface area contributed by atoms with Gasteiger partial charge in [0.05, 0.1) is 6.10 Å². The highest BCUT2D eigenvalue weighted by Gasteiger charge is 2.24. The van der Waals surface area contributed by atoms with Crippen molar-refractivity contribution < 1.29 is 5.11 Å². The Morgan fingerprint density at radius 3 is 2.40 bits per heavy atom. The van der Waals surface area contributed by atoms with Gasteiger partial charge >= 0.3 is 0 Å². The van der Waals surface area contributed by atoms with Gasteiger partial charge in [-0.2, -0.15) is 0 Å². The van der Waals surface area contributed by atoms with Gasteiger partial charge in [0.15, 0.2) is 0 Å². The highest BCUT2D eigenvalue weighted by Crippen LogP contribution is 2.25. The van der Waals surface area contributed by atoms with Crippen molar-refractivity contribution in [1.82, 2.24) is 5.32 Å². The topological polar surface area (TPSA) is 58.3 Å². The van der Waals surface area contributed by atoms with Crippen LogP contribution in [0, 0.1) is 5.92 Å². The van der Waals surface area contributed by atoms with E-state index in [1.807, 2.05) is 0 Å². The fraction of sp³-hybridized carbons (Fsp3) is 1.00. The molecular weight excluding hydrogens is 188 g/mol. The van der Waals surface area contributed by atoms with Crippen LogP contribution in [0.4, 0.5) is 0 Å². The minimum absolute atomic E-state index is 0.0309. The molecule has 3 heteroatoms. The van der Waals surface area contributed by atoms with E-state index in [0.29, 0.717) is 18.0 Å². The molecule has 2 rings (SSSR count). The average Bonchev–Trinajstić information content (AvgIpc) is 2.64. The molecule has 2 fully saturated rings. The third-order valence-electron chi connectivity index (χ3n) is 3.98. The van der Waals surface area contributed by atoms with Crippen molar-refractivity contribution in [3.8, 4) is 0 Å². The Morgan fingerprint density at radius 1 is 1.07 bits per heavy atom. The van der Waals surface area contributed by atoms with Crippen molar-refractivity contribution in [1.29, 1.82) is 0 Å². The Kier molecular flexibility index (Phi) is 4.00. The Balaban J connectivity index is 1.61. The van der Waals surface area contributed by atoms with Crippen molar-refractivity contribution in [3.63, 3.8) is 0 Å². The van der Waals surface area contributed by atoms with Gasteiger partial charge in [0.1, 0.15) is 0 Å². The summed E-state index contributed by atoms with van der Waals surface area (Å²) in [6.45, 7) is 1.09. The number of aliphatic hydroxyl groups excluding tert-OH is 1. The molecule has 3 nitrogen and oxygen atoms in total. The van der Waals surface area contributed by atoms with Crippen LogP contribution in [0.1, 0.15) is 44.9 Å². The molecule has 15 heavy (non-hydrogen) atoms. The Bertz CT molecular complexity index is 190. The van der Waals surface area contributed by atoms with Crippen molar-refractivity contribution in [2.75, 3.05) is 6.54 Å². The van der Waals surface area contributed by atoms with Crippen LogP contribution in [-0.4, -0.2) is 29.8 Å². The molecule has 0 saturated heterocycles. The first-order valence-corrected chi connectivity index (χ1v) is 6.41. The smallest absolute Gasteiger partial charge is 0.0543 e. The van der Waals surface area contributed by atoms with Crippen LogP contribution in [0.15, 0.2) is 0 Å². The number of hydrogen-bond donors (Lipinski definition) is 3. The lowest BCUT2D eigenvalue weighted by molar-refractivity contribution is 0.176. The van der Waals surface area contributed by atoms with Gasteiger partial charge < -0.3 is 16.2 Å². The summed E-state index contributed by atoms with van der Waals surface area (Å²) < 4.78 is 0. The van der Waals surface area contributed by atoms with E-state index in [1.54, 1.807) is 0 Å². The van der Waals surface area contributed by atoms with E-state index in [0.717, 1.165) is 19.4 Å². The van der Waals surface area contributed by atoms with Gasteiger partial charge in [-0.1, -0.05) is 0 Å². The fourth-order valence-electron chi connectivity index (χ4n) is 2.89. The SMILES string of the molecule is NC1CCC(NCC2CCC(O)C2)CC1. The fourth-order valence-corrected chi connectivity index (χ4v) is 2.89. The zero-order chi connectivity index (χ0) is 10.7. The van der Waals surface area contributed by atoms with Crippen molar-refractivity contribution in [2.24, 2.45) is 11.7 Å². The molecule has 2 aliphatic carbocycles. The second-order valence-electron chi connectivity index (χ2n) is 5.35. The van der Waals surface area contributed by atoms with Gasteiger partial charge in [-0.05, 0) is 57.4 Å². The van der Waals surface area contributed by atoms with Gasteiger partial charge in [-0.3, -0.25) is 0 Å². The predicted molar refractivity (Wildman–Crippen MR) is 61.6 cm³/mol. The lowest BCUT2D eigenvalue weighted by Crippen LogP contribution is -2.39. The molecule has 0 aromatic heterocycles. The molecule has 2 aliphatic rings. The minimum Gasteiger partial charge on any atom is -0.393 e. The number of nitrogens with two attached hydrogens (primary N) is 1. The van der Waals surface area contributed by atoms with Crippen LogP contribution in [0.3, 0.4) is 0 Å². The van der Waals surface area contributed by atoms with Crippen LogP contribution in [0.5, 0.6) is 0 Å². The highest BCUT2D eigenvalue weighted by molar-refractivity contribution is 4.82. The quantitative estimate of drug-likeness (QED) is 0.654. The zero-order valence-electron chi connectivity index (χ0n) is 9.49. The summed E-state index contributed by atoms with van der Waals surface area (Å²) >= 11 is 0. The first-order chi connectivity index (χ1) is 7.24. The molecule has 0 amide bonds. The summed E-state index contributed by atoms with van der Waals surface area (Å²) in [5, 5.41) is 13.1. The maximum Gasteiger partial charge on any atom is 0.0543 e. The van der Waals surface area contributed by atoms with Crippen LogP contribution >= 0.6 is 0 Å². The third-order valence-corrected chi connectivity index (χ3v) is 3.98. The zero-order valence-corrected chi connectivity index (χ0v) is 9.49. The second-order valence-corrected chi connectivity index (χ2v) is 5.35. The summed E-state index contributed by atoms with van der Waals surface area (Å²) in [5.41, 5.74) is 5.87. The molecule has 0 bridgehead atoms. The first kappa shape index (κ1) is 11.4. The van der Waals surface area contributed by atoms with Gasteiger partial charge in [0.2, 0.25) is 0 Å². The number of rotatable bonds is 3. The van der Waals surface area contributed by atoms with E-state index in [1.165, 1.54) is 32.1 Å². The molecule has 0 aromatic carbocycles. The van der Waals surface area contributed by atoms with E-state index in [9.17, 15) is 5.11 Å².